The molecule has 0 unspecified atom stereocenters. The van der Waals surface area contributed by atoms with Crippen molar-refractivity contribution in [3.8, 4) is 0 Å². The quantitative estimate of drug-likeness (QED) is 0.465. The second kappa shape index (κ2) is 6.09. The average molecular weight is 263 g/mol. The maximum absolute atomic E-state index is 11.6. The molecule has 0 N–H and O–H groups in total. The Balaban J connectivity index is 2.66. The Morgan fingerprint density at radius 1 is 1.25 bits per heavy atom. The molecule has 88 valence electrons. The van der Waals surface area contributed by atoms with E-state index in [1.54, 1.807) is 24.3 Å². The lowest BCUT2D eigenvalue weighted by atomic mass is 10.1. The molecule has 1 aromatic carbocycles. The van der Waals surface area contributed by atoms with Crippen molar-refractivity contribution >= 4 is 29.2 Å². The van der Waals surface area contributed by atoms with E-state index < -0.39 is 10.3 Å². The number of halogens is 2. The van der Waals surface area contributed by atoms with E-state index in [0.717, 1.165) is 0 Å². The van der Waals surface area contributed by atoms with Gasteiger partial charge in [-0.05, 0) is 5.56 Å². The van der Waals surface area contributed by atoms with Gasteiger partial charge >= 0.3 is 5.97 Å². The molecular formula is C11H12Cl2O3. The SMILES string of the molecule is COCCOC(=O)C(Cl)(Cl)c1ccccc1. The Hall–Kier alpha value is -0.770. The number of esters is 1. The monoisotopic (exact) mass is 262 g/mol. The first-order valence-electron chi connectivity index (χ1n) is 4.68. The number of carbonyl (C=O) groups is 1. The molecule has 1 rings (SSSR count). The molecule has 0 heterocycles. The lowest BCUT2D eigenvalue weighted by Gasteiger charge is -2.18. The number of alkyl halides is 2. The van der Waals surface area contributed by atoms with Crippen molar-refractivity contribution in [3.05, 3.63) is 35.9 Å². The normalized spacial score (nSPS) is 11.2. The first-order chi connectivity index (χ1) is 7.59. The minimum Gasteiger partial charge on any atom is -0.461 e. The smallest absolute Gasteiger partial charge is 0.347 e. The fraction of sp³-hybridized carbons (Fsp3) is 0.364. The number of hydrogen-bond acceptors (Lipinski definition) is 3. The Labute approximate surface area is 104 Å². The second-order valence-electron chi connectivity index (χ2n) is 3.07. The zero-order valence-corrected chi connectivity index (χ0v) is 10.3. The van der Waals surface area contributed by atoms with Crippen LogP contribution in [0, 0.1) is 0 Å². The summed E-state index contributed by atoms with van der Waals surface area (Å²) in [5, 5.41) is 0. The van der Waals surface area contributed by atoms with Crippen LogP contribution >= 0.6 is 23.2 Å². The molecule has 0 spiro atoms. The van der Waals surface area contributed by atoms with Gasteiger partial charge in [0.2, 0.25) is 4.33 Å². The van der Waals surface area contributed by atoms with Gasteiger partial charge in [0, 0.05) is 7.11 Å². The molecule has 0 aliphatic heterocycles. The van der Waals surface area contributed by atoms with Crippen molar-refractivity contribution in [1.82, 2.24) is 0 Å². The van der Waals surface area contributed by atoms with Crippen molar-refractivity contribution in [2.24, 2.45) is 0 Å². The third kappa shape index (κ3) is 3.37. The standard InChI is InChI=1S/C11H12Cl2O3/c1-15-7-8-16-10(14)11(12,13)9-5-3-2-4-6-9/h2-6H,7-8H2,1H3. The molecule has 0 amide bonds. The van der Waals surface area contributed by atoms with Crippen LogP contribution in [-0.2, 0) is 18.6 Å². The van der Waals surface area contributed by atoms with E-state index in [2.05, 4.69) is 0 Å². The van der Waals surface area contributed by atoms with Gasteiger partial charge in [-0.25, -0.2) is 4.79 Å². The highest BCUT2D eigenvalue weighted by Gasteiger charge is 2.37. The summed E-state index contributed by atoms with van der Waals surface area (Å²) >= 11 is 11.9. The minimum atomic E-state index is -1.67. The third-order valence-electron chi connectivity index (χ3n) is 1.91. The van der Waals surface area contributed by atoms with Crippen LogP contribution < -0.4 is 0 Å². The van der Waals surface area contributed by atoms with E-state index in [4.69, 9.17) is 32.7 Å². The molecule has 0 aliphatic carbocycles. The fourth-order valence-electron chi connectivity index (χ4n) is 1.07. The Morgan fingerprint density at radius 2 is 1.88 bits per heavy atom. The van der Waals surface area contributed by atoms with Gasteiger partial charge in [0.05, 0.1) is 6.61 Å². The van der Waals surface area contributed by atoms with Crippen molar-refractivity contribution in [2.75, 3.05) is 20.3 Å². The average Bonchev–Trinajstić information content (AvgIpc) is 2.30. The summed E-state index contributed by atoms with van der Waals surface area (Å²) in [6.45, 7) is 0.438. The summed E-state index contributed by atoms with van der Waals surface area (Å²) in [5.74, 6) is -0.695. The maximum Gasteiger partial charge on any atom is 0.347 e. The topological polar surface area (TPSA) is 35.5 Å². The number of hydrogen-bond donors (Lipinski definition) is 0. The van der Waals surface area contributed by atoms with Gasteiger partial charge in [-0.3, -0.25) is 0 Å². The molecule has 0 aliphatic rings. The van der Waals surface area contributed by atoms with E-state index in [0.29, 0.717) is 12.2 Å². The van der Waals surface area contributed by atoms with Crippen LogP contribution in [0.3, 0.4) is 0 Å². The van der Waals surface area contributed by atoms with Crippen LogP contribution in [0.4, 0.5) is 0 Å². The van der Waals surface area contributed by atoms with E-state index in [-0.39, 0.29) is 6.61 Å². The molecule has 5 heteroatoms. The first-order valence-corrected chi connectivity index (χ1v) is 5.44. The van der Waals surface area contributed by atoms with Crippen LogP contribution in [0.15, 0.2) is 30.3 Å². The van der Waals surface area contributed by atoms with Crippen LogP contribution in [0.1, 0.15) is 5.56 Å². The number of methoxy groups -OCH3 is 1. The maximum atomic E-state index is 11.6. The number of ether oxygens (including phenoxy) is 2. The van der Waals surface area contributed by atoms with Gasteiger partial charge in [0.1, 0.15) is 6.61 Å². The predicted octanol–water partition coefficient (Wildman–Crippen LogP) is 2.51. The summed E-state index contributed by atoms with van der Waals surface area (Å²) in [7, 11) is 1.51. The molecule has 16 heavy (non-hydrogen) atoms. The van der Waals surface area contributed by atoms with Crippen LogP contribution in [0.2, 0.25) is 0 Å². The molecular weight excluding hydrogens is 251 g/mol. The highest BCUT2D eigenvalue weighted by Crippen LogP contribution is 2.34. The summed E-state index contributed by atoms with van der Waals surface area (Å²) in [4.78, 5) is 11.6. The summed E-state index contributed by atoms with van der Waals surface area (Å²) in [6, 6.07) is 8.63. The molecule has 0 saturated heterocycles. The van der Waals surface area contributed by atoms with Crippen molar-refractivity contribution < 1.29 is 14.3 Å². The van der Waals surface area contributed by atoms with E-state index in [9.17, 15) is 4.79 Å². The lowest BCUT2D eigenvalue weighted by molar-refractivity contribution is -0.145. The zero-order valence-electron chi connectivity index (χ0n) is 8.78. The van der Waals surface area contributed by atoms with Gasteiger partial charge in [-0.15, -0.1) is 0 Å². The van der Waals surface area contributed by atoms with Gasteiger partial charge in [-0.1, -0.05) is 53.5 Å². The van der Waals surface area contributed by atoms with Gasteiger partial charge in [0.15, 0.2) is 0 Å². The van der Waals surface area contributed by atoms with Crippen LogP contribution in [0.5, 0.6) is 0 Å². The van der Waals surface area contributed by atoms with Crippen molar-refractivity contribution in [2.45, 2.75) is 4.33 Å². The molecule has 0 bridgehead atoms. The Bertz CT molecular complexity index is 338. The minimum absolute atomic E-state index is 0.128. The third-order valence-corrected chi connectivity index (χ3v) is 2.66. The molecule has 0 aromatic heterocycles. The molecule has 0 fully saturated rings. The van der Waals surface area contributed by atoms with E-state index >= 15 is 0 Å². The summed E-state index contributed by atoms with van der Waals surface area (Å²) < 4.78 is 7.95. The van der Waals surface area contributed by atoms with Crippen LogP contribution in [-0.4, -0.2) is 26.3 Å². The van der Waals surface area contributed by atoms with Gasteiger partial charge in [-0.2, -0.15) is 0 Å². The summed E-state index contributed by atoms with van der Waals surface area (Å²) in [5.41, 5.74) is 0.487. The van der Waals surface area contributed by atoms with Gasteiger partial charge in [0.25, 0.3) is 0 Å². The molecule has 0 radical (unpaired) electrons. The van der Waals surface area contributed by atoms with Crippen LogP contribution in [0.25, 0.3) is 0 Å². The van der Waals surface area contributed by atoms with Crippen molar-refractivity contribution in [1.29, 1.82) is 0 Å². The van der Waals surface area contributed by atoms with E-state index in [1.165, 1.54) is 7.11 Å². The summed E-state index contributed by atoms with van der Waals surface area (Å²) in [6.07, 6.45) is 0. The highest BCUT2D eigenvalue weighted by molar-refractivity contribution is 6.56. The zero-order chi connectivity index (χ0) is 12.0. The number of carbonyl (C=O) groups excluding carboxylic acids is 1. The Kier molecular flexibility index (Phi) is 5.06. The van der Waals surface area contributed by atoms with E-state index in [1.807, 2.05) is 6.07 Å². The molecule has 0 saturated carbocycles. The largest absolute Gasteiger partial charge is 0.461 e. The fourth-order valence-corrected chi connectivity index (χ4v) is 1.43. The lowest BCUT2D eigenvalue weighted by Crippen LogP contribution is -2.27. The van der Waals surface area contributed by atoms with Crippen molar-refractivity contribution in [3.63, 3.8) is 0 Å². The predicted molar refractivity (Wildman–Crippen MR) is 62.7 cm³/mol. The molecule has 1 aromatic rings. The van der Waals surface area contributed by atoms with Gasteiger partial charge < -0.3 is 9.47 Å². The molecule has 0 atom stereocenters. The highest BCUT2D eigenvalue weighted by atomic mass is 35.5. The first kappa shape index (κ1) is 13.3. The Morgan fingerprint density at radius 3 is 2.44 bits per heavy atom. The second-order valence-corrected chi connectivity index (χ2v) is 4.40. The molecule has 3 nitrogen and oxygen atoms in total. The number of benzene rings is 1. The number of rotatable bonds is 5.